The largest absolute Gasteiger partial charge is 0.380 e. The molecule has 1 aliphatic rings. The zero-order valence-electron chi connectivity index (χ0n) is 8.69. The van der Waals surface area contributed by atoms with Gasteiger partial charge in [0.25, 0.3) is 0 Å². The van der Waals surface area contributed by atoms with Gasteiger partial charge < -0.3 is 9.64 Å². The molecule has 15 heavy (non-hydrogen) atoms. The van der Waals surface area contributed by atoms with Crippen LogP contribution in [-0.4, -0.2) is 36.3 Å². The summed E-state index contributed by atoms with van der Waals surface area (Å²) in [6, 6.07) is 0. The number of ether oxygens (including phenoxy) is 1. The van der Waals surface area contributed by atoms with Crippen LogP contribution >= 0.6 is 11.6 Å². The summed E-state index contributed by atoms with van der Waals surface area (Å²) in [6.45, 7) is 1.83. The van der Waals surface area contributed by atoms with Crippen LogP contribution in [0.4, 0.5) is 5.95 Å². The minimum Gasteiger partial charge on any atom is -0.380 e. The summed E-state index contributed by atoms with van der Waals surface area (Å²) in [6.07, 6.45) is 4.89. The monoisotopic (exact) mass is 227 g/mol. The molecule has 1 fully saturated rings. The smallest absolute Gasteiger partial charge is 0.225 e. The average Bonchev–Trinajstić information content (AvgIpc) is 2.78. The van der Waals surface area contributed by atoms with E-state index < -0.39 is 0 Å². The van der Waals surface area contributed by atoms with Crippen molar-refractivity contribution in [3.05, 3.63) is 18.0 Å². The number of anilines is 1. The van der Waals surface area contributed by atoms with Gasteiger partial charge in [0.15, 0.2) is 0 Å². The number of methoxy groups -OCH3 is 1. The molecule has 0 aromatic carbocycles. The summed E-state index contributed by atoms with van der Waals surface area (Å²) in [4.78, 5) is 10.7. The van der Waals surface area contributed by atoms with Crippen LogP contribution in [0.3, 0.4) is 0 Å². The van der Waals surface area contributed by atoms with Gasteiger partial charge in [-0.25, -0.2) is 9.97 Å². The Bertz CT molecular complexity index is 317. The first-order valence-corrected chi connectivity index (χ1v) is 5.51. The van der Waals surface area contributed by atoms with Crippen molar-refractivity contribution in [1.29, 1.82) is 0 Å². The second-order valence-electron chi connectivity index (χ2n) is 3.62. The highest BCUT2D eigenvalue weighted by Crippen LogP contribution is 2.17. The fraction of sp³-hybridized carbons (Fsp3) is 0.600. The van der Waals surface area contributed by atoms with Crippen molar-refractivity contribution in [2.24, 2.45) is 0 Å². The first kappa shape index (κ1) is 10.6. The molecule has 0 saturated carbocycles. The lowest BCUT2D eigenvalue weighted by Gasteiger charge is -2.15. The molecule has 0 N–H and O–H groups in total. The van der Waals surface area contributed by atoms with E-state index in [0.29, 0.717) is 12.0 Å². The van der Waals surface area contributed by atoms with Crippen LogP contribution in [0.2, 0.25) is 0 Å². The lowest BCUT2D eigenvalue weighted by Crippen LogP contribution is -2.24. The Labute approximate surface area is 94.2 Å². The fourth-order valence-corrected chi connectivity index (χ4v) is 1.82. The van der Waals surface area contributed by atoms with Gasteiger partial charge in [0, 0.05) is 38.2 Å². The third-order valence-corrected chi connectivity index (χ3v) is 2.92. The molecule has 0 spiro atoms. The minimum absolute atomic E-state index is 0.307. The molecule has 1 atom stereocenters. The highest BCUT2D eigenvalue weighted by Gasteiger charge is 2.23. The summed E-state index contributed by atoms with van der Waals surface area (Å²) >= 11 is 5.67. The van der Waals surface area contributed by atoms with Gasteiger partial charge in [-0.15, -0.1) is 11.6 Å². The molecule has 0 aliphatic carbocycles. The van der Waals surface area contributed by atoms with Gasteiger partial charge in [0.05, 0.1) is 12.0 Å². The van der Waals surface area contributed by atoms with Gasteiger partial charge in [0.2, 0.25) is 5.95 Å². The molecular weight excluding hydrogens is 214 g/mol. The Morgan fingerprint density at radius 2 is 2.27 bits per heavy atom. The van der Waals surface area contributed by atoms with E-state index in [1.807, 2.05) is 0 Å². The van der Waals surface area contributed by atoms with Crippen LogP contribution in [0.25, 0.3) is 0 Å². The number of alkyl halides is 1. The second-order valence-corrected chi connectivity index (χ2v) is 3.88. The van der Waals surface area contributed by atoms with E-state index >= 15 is 0 Å². The molecule has 1 saturated heterocycles. The van der Waals surface area contributed by atoms with E-state index in [1.165, 1.54) is 0 Å². The third-order valence-electron chi connectivity index (χ3n) is 2.61. The van der Waals surface area contributed by atoms with Crippen LogP contribution in [0.5, 0.6) is 0 Å². The van der Waals surface area contributed by atoms with Crippen molar-refractivity contribution in [1.82, 2.24) is 9.97 Å². The van der Waals surface area contributed by atoms with Crippen LogP contribution < -0.4 is 4.90 Å². The highest BCUT2D eigenvalue weighted by molar-refractivity contribution is 6.17. The first-order valence-electron chi connectivity index (χ1n) is 4.98. The van der Waals surface area contributed by atoms with Crippen molar-refractivity contribution in [2.45, 2.75) is 18.4 Å². The molecule has 0 radical (unpaired) electrons. The Morgan fingerprint density at radius 1 is 1.53 bits per heavy atom. The third kappa shape index (κ3) is 2.38. The van der Waals surface area contributed by atoms with Gasteiger partial charge in [0.1, 0.15) is 0 Å². The molecule has 1 aromatic rings. The van der Waals surface area contributed by atoms with E-state index in [1.54, 1.807) is 19.5 Å². The summed E-state index contributed by atoms with van der Waals surface area (Å²) in [5.74, 6) is 1.23. The maximum Gasteiger partial charge on any atom is 0.225 e. The quantitative estimate of drug-likeness (QED) is 0.733. The molecule has 0 bridgehead atoms. The summed E-state index contributed by atoms with van der Waals surface area (Å²) in [5, 5.41) is 0. The Kier molecular flexibility index (Phi) is 3.38. The number of hydrogen-bond donors (Lipinski definition) is 0. The fourth-order valence-electron chi connectivity index (χ4n) is 1.68. The Balaban J connectivity index is 2.04. The minimum atomic E-state index is 0.307. The summed E-state index contributed by atoms with van der Waals surface area (Å²) in [7, 11) is 1.74. The molecule has 1 aliphatic heterocycles. The van der Waals surface area contributed by atoms with Crippen molar-refractivity contribution in [2.75, 3.05) is 25.1 Å². The molecule has 1 unspecified atom stereocenters. The van der Waals surface area contributed by atoms with Crippen LogP contribution in [0, 0.1) is 0 Å². The normalized spacial score (nSPS) is 20.9. The van der Waals surface area contributed by atoms with E-state index in [-0.39, 0.29) is 0 Å². The van der Waals surface area contributed by atoms with Crippen molar-refractivity contribution < 1.29 is 4.74 Å². The Morgan fingerprint density at radius 3 is 2.80 bits per heavy atom. The topological polar surface area (TPSA) is 38.2 Å². The van der Waals surface area contributed by atoms with Crippen LogP contribution in [0.15, 0.2) is 12.4 Å². The first-order chi connectivity index (χ1) is 7.33. The Hall–Kier alpha value is -0.870. The molecule has 82 valence electrons. The molecular formula is C10H14ClN3O. The highest BCUT2D eigenvalue weighted by atomic mass is 35.5. The van der Waals surface area contributed by atoms with Crippen LogP contribution in [-0.2, 0) is 10.6 Å². The molecule has 1 aromatic heterocycles. The molecule has 5 heteroatoms. The maximum absolute atomic E-state index is 5.67. The summed E-state index contributed by atoms with van der Waals surface area (Å²) < 4.78 is 5.29. The molecule has 2 heterocycles. The van der Waals surface area contributed by atoms with Gasteiger partial charge in [-0.3, -0.25) is 0 Å². The SMILES string of the molecule is COC1CCN(c2ncc(CCl)cn2)C1. The van der Waals surface area contributed by atoms with E-state index in [0.717, 1.165) is 31.0 Å². The predicted molar refractivity (Wildman–Crippen MR) is 59.2 cm³/mol. The van der Waals surface area contributed by atoms with Gasteiger partial charge >= 0.3 is 0 Å². The van der Waals surface area contributed by atoms with Crippen molar-refractivity contribution in [3.8, 4) is 0 Å². The van der Waals surface area contributed by atoms with E-state index in [9.17, 15) is 0 Å². The maximum atomic E-state index is 5.67. The van der Waals surface area contributed by atoms with E-state index in [4.69, 9.17) is 16.3 Å². The number of hydrogen-bond acceptors (Lipinski definition) is 4. The lowest BCUT2D eigenvalue weighted by molar-refractivity contribution is 0.121. The molecule has 2 rings (SSSR count). The number of aromatic nitrogens is 2. The number of rotatable bonds is 3. The van der Waals surface area contributed by atoms with Crippen molar-refractivity contribution >= 4 is 17.5 Å². The van der Waals surface area contributed by atoms with Crippen molar-refractivity contribution in [3.63, 3.8) is 0 Å². The number of halogens is 1. The van der Waals surface area contributed by atoms with Gasteiger partial charge in [-0.1, -0.05) is 0 Å². The zero-order valence-corrected chi connectivity index (χ0v) is 9.44. The van der Waals surface area contributed by atoms with E-state index in [2.05, 4.69) is 14.9 Å². The standard InChI is InChI=1S/C10H14ClN3O/c1-15-9-2-3-14(7-9)10-12-5-8(4-11)6-13-10/h5-6,9H,2-4,7H2,1H3. The van der Waals surface area contributed by atoms with Gasteiger partial charge in [-0.05, 0) is 6.42 Å². The average molecular weight is 228 g/mol. The predicted octanol–water partition coefficient (Wildman–Crippen LogP) is 1.44. The molecule has 0 amide bonds. The second kappa shape index (κ2) is 4.77. The summed E-state index contributed by atoms with van der Waals surface area (Å²) in [5.41, 5.74) is 0.947. The molecule has 4 nitrogen and oxygen atoms in total. The van der Waals surface area contributed by atoms with Crippen LogP contribution in [0.1, 0.15) is 12.0 Å². The number of nitrogens with zero attached hydrogens (tertiary/aromatic N) is 3. The lowest BCUT2D eigenvalue weighted by atomic mass is 10.3. The van der Waals surface area contributed by atoms with Gasteiger partial charge in [-0.2, -0.15) is 0 Å². The zero-order chi connectivity index (χ0) is 10.7.